The highest BCUT2D eigenvalue weighted by Gasteiger charge is 2.28. The van der Waals surface area contributed by atoms with Crippen molar-refractivity contribution in [3.63, 3.8) is 0 Å². The summed E-state index contributed by atoms with van der Waals surface area (Å²) in [5.41, 5.74) is 2.45. The summed E-state index contributed by atoms with van der Waals surface area (Å²) >= 11 is 0. The molecule has 1 aromatic carbocycles. The molecule has 1 aromatic rings. The van der Waals surface area contributed by atoms with Crippen LogP contribution in [0.1, 0.15) is 11.1 Å². The van der Waals surface area contributed by atoms with E-state index >= 15 is 0 Å². The first-order chi connectivity index (χ1) is 9.06. The number of aryl methyl sites for hydroxylation is 1. The fourth-order valence-corrected chi connectivity index (χ4v) is 2.37. The van der Waals surface area contributed by atoms with Crippen LogP contribution in [-0.4, -0.2) is 55.5 Å². The first-order valence-electron chi connectivity index (χ1n) is 6.78. The molecule has 0 saturated carbocycles. The molecule has 104 valence electrons. The van der Waals surface area contributed by atoms with Gasteiger partial charge in [-0.25, -0.2) is 0 Å². The molecule has 1 aliphatic heterocycles. The number of rotatable bonds is 4. The lowest BCUT2D eigenvalue weighted by Gasteiger charge is -2.34. The van der Waals surface area contributed by atoms with Crippen LogP contribution in [0.5, 0.6) is 0 Å². The molecule has 1 atom stereocenters. The number of piperazine rings is 1. The van der Waals surface area contributed by atoms with Gasteiger partial charge in [-0.05, 0) is 26.6 Å². The van der Waals surface area contributed by atoms with Gasteiger partial charge in [0.1, 0.15) is 0 Å². The number of carbonyl (C=O) groups excluding carboxylic acids is 1. The van der Waals surface area contributed by atoms with Gasteiger partial charge in [0.15, 0.2) is 0 Å². The van der Waals surface area contributed by atoms with Gasteiger partial charge in [0.05, 0.1) is 6.04 Å². The Balaban J connectivity index is 1.99. The van der Waals surface area contributed by atoms with E-state index in [0.717, 1.165) is 19.6 Å². The molecule has 1 N–H and O–H groups in total. The minimum atomic E-state index is -0.0748. The number of nitrogens with one attached hydrogen (secondary N) is 1. The van der Waals surface area contributed by atoms with Gasteiger partial charge in [-0.2, -0.15) is 0 Å². The van der Waals surface area contributed by atoms with Crippen LogP contribution in [0.3, 0.4) is 0 Å². The Hall–Kier alpha value is -1.39. The molecule has 1 amide bonds. The van der Waals surface area contributed by atoms with E-state index in [2.05, 4.69) is 36.5 Å². The number of amides is 1. The SMILES string of the molecule is Cc1ccc(CN2CCNC(CN(C)C)C2=O)cc1. The molecule has 1 fully saturated rings. The summed E-state index contributed by atoms with van der Waals surface area (Å²) in [5.74, 6) is 0.209. The summed E-state index contributed by atoms with van der Waals surface area (Å²) in [6.07, 6.45) is 0. The van der Waals surface area contributed by atoms with E-state index in [-0.39, 0.29) is 11.9 Å². The standard InChI is InChI=1S/C15H23N3O/c1-12-4-6-13(7-5-12)10-18-9-8-16-14(15(18)19)11-17(2)3/h4-7,14,16H,8-11H2,1-3H3. The van der Waals surface area contributed by atoms with E-state index in [4.69, 9.17) is 0 Å². The van der Waals surface area contributed by atoms with Gasteiger partial charge in [-0.15, -0.1) is 0 Å². The average molecular weight is 261 g/mol. The topological polar surface area (TPSA) is 35.6 Å². The first kappa shape index (κ1) is 14.0. The minimum absolute atomic E-state index is 0.0748. The summed E-state index contributed by atoms with van der Waals surface area (Å²) in [6, 6.07) is 8.32. The van der Waals surface area contributed by atoms with Crippen LogP contribution >= 0.6 is 0 Å². The maximum Gasteiger partial charge on any atom is 0.241 e. The summed E-state index contributed by atoms with van der Waals surface area (Å²) < 4.78 is 0. The second-order valence-corrected chi connectivity index (χ2v) is 5.51. The van der Waals surface area contributed by atoms with Crippen molar-refractivity contribution in [3.05, 3.63) is 35.4 Å². The number of benzene rings is 1. The fraction of sp³-hybridized carbons (Fsp3) is 0.533. The van der Waals surface area contributed by atoms with Crippen LogP contribution in [0.15, 0.2) is 24.3 Å². The van der Waals surface area contributed by atoms with Gasteiger partial charge in [-0.3, -0.25) is 4.79 Å². The smallest absolute Gasteiger partial charge is 0.241 e. The van der Waals surface area contributed by atoms with Crippen molar-refractivity contribution in [2.45, 2.75) is 19.5 Å². The largest absolute Gasteiger partial charge is 0.336 e. The van der Waals surface area contributed by atoms with E-state index in [1.165, 1.54) is 11.1 Å². The van der Waals surface area contributed by atoms with Crippen molar-refractivity contribution in [2.24, 2.45) is 0 Å². The van der Waals surface area contributed by atoms with Crippen LogP contribution < -0.4 is 5.32 Å². The van der Waals surface area contributed by atoms with E-state index in [1.807, 2.05) is 23.9 Å². The minimum Gasteiger partial charge on any atom is -0.336 e. The fourth-order valence-electron chi connectivity index (χ4n) is 2.37. The van der Waals surface area contributed by atoms with E-state index < -0.39 is 0 Å². The molecule has 4 heteroatoms. The lowest BCUT2D eigenvalue weighted by Crippen LogP contribution is -2.57. The van der Waals surface area contributed by atoms with Gasteiger partial charge in [0.25, 0.3) is 0 Å². The molecule has 4 nitrogen and oxygen atoms in total. The lowest BCUT2D eigenvalue weighted by atomic mass is 10.1. The zero-order valence-corrected chi connectivity index (χ0v) is 12.0. The molecular weight excluding hydrogens is 238 g/mol. The second kappa shape index (κ2) is 6.17. The van der Waals surface area contributed by atoms with Gasteiger partial charge in [-0.1, -0.05) is 29.8 Å². The lowest BCUT2D eigenvalue weighted by molar-refractivity contribution is -0.136. The highest BCUT2D eigenvalue weighted by Crippen LogP contribution is 2.10. The zero-order chi connectivity index (χ0) is 13.8. The van der Waals surface area contributed by atoms with Crippen molar-refractivity contribution >= 4 is 5.91 Å². The van der Waals surface area contributed by atoms with Gasteiger partial charge in [0.2, 0.25) is 5.91 Å². The van der Waals surface area contributed by atoms with E-state index in [0.29, 0.717) is 6.54 Å². The van der Waals surface area contributed by atoms with Crippen molar-refractivity contribution in [2.75, 3.05) is 33.7 Å². The summed E-state index contributed by atoms with van der Waals surface area (Å²) in [7, 11) is 3.99. The predicted octanol–water partition coefficient (Wildman–Crippen LogP) is 0.857. The molecule has 0 spiro atoms. The number of nitrogens with zero attached hydrogens (tertiary/aromatic N) is 2. The Bertz CT molecular complexity index is 428. The second-order valence-electron chi connectivity index (χ2n) is 5.51. The first-order valence-corrected chi connectivity index (χ1v) is 6.78. The molecule has 1 saturated heterocycles. The third-order valence-electron chi connectivity index (χ3n) is 3.42. The maximum absolute atomic E-state index is 12.4. The van der Waals surface area contributed by atoms with Crippen LogP contribution in [0, 0.1) is 6.92 Å². The van der Waals surface area contributed by atoms with Gasteiger partial charge in [0, 0.05) is 26.2 Å². The molecule has 1 unspecified atom stereocenters. The van der Waals surface area contributed by atoms with Crippen molar-refractivity contribution in [3.8, 4) is 0 Å². The van der Waals surface area contributed by atoms with Crippen molar-refractivity contribution in [1.82, 2.24) is 15.1 Å². The monoisotopic (exact) mass is 261 g/mol. The highest BCUT2D eigenvalue weighted by atomic mass is 16.2. The molecule has 0 aliphatic carbocycles. The Morgan fingerprint density at radius 2 is 2.00 bits per heavy atom. The molecule has 0 aromatic heterocycles. The van der Waals surface area contributed by atoms with Crippen LogP contribution in [0.25, 0.3) is 0 Å². The normalized spacial score (nSPS) is 20.1. The molecule has 1 heterocycles. The predicted molar refractivity (Wildman–Crippen MR) is 76.9 cm³/mol. The Labute approximate surface area is 115 Å². The van der Waals surface area contributed by atoms with Gasteiger partial charge >= 0.3 is 0 Å². The quantitative estimate of drug-likeness (QED) is 0.873. The van der Waals surface area contributed by atoms with Crippen molar-refractivity contribution < 1.29 is 4.79 Å². The molecule has 19 heavy (non-hydrogen) atoms. The van der Waals surface area contributed by atoms with Crippen LogP contribution in [0.2, 0.25) is 0 Å². The molecule has 2 rings (SSSR count). The van der Waals surface area contributed by atoms with E-state index in [1.54, 1.807) is 0 Å². The summed E-state index contributed by atoms with van der Waals surface area (Å²) in [4.78, 5) is 16.4. The molecule has 1 aliphatic rings. The van der Waals surface area contributed by atoms with Crippen LogP contribution in [-0.2, 0) is 11.3 Å². The Kier molecular flexibility index (Phi) is 4.56. The third-order valence-corrected chi connectivity index (χ3v) is 3.42. The zero-order valence-electron chi connectivity index (χ0n) is 12.0. The number of likely N-dealkylation sites (N-methyl/N-ethyl adjacent to an activating group) is 1. The van der Waals surface area contributed by atoms with Crippen molar-refractivity contribution in [1.29, 1.82) is 0 Å². The Morgan fingerprint density at radius 1 is 1.32 bits per heavy atom. The van der Waals surface area contributed by atoms with Crippen LogP contribution in [0.4, 0.5) is 0 Å². The van der Waals surface area contributed by atoms with Gasteiger partial charge < -0.3 is 15.1 Å². The number of hydrogen-bond donors (Lipinski definition) is 1. The molecule has 0 bridgehead atoms. The summed E-state index contributed by atoms with van der Waals surface area (Å²) in [6.45, 7) is 5.20. The summed E-state index contributed by atoms with van der Waals surface area (Å²) in [5, 5.41) is 3.29. The Morgan fingerprint density at radius 3 is 2.63 bits per heavy atom. The number of hydrogen-bond acceptors (Lipinski definition) is 3. The average Bonchev–Trinajstić information content (AvgIpc) is 2.36. The molecular formula is C15H23N3O. The highest BCUT2D eigenvalue weighted by molar-refractivity contribution is 5.82. The number of carbonyl (C=O) groups is 1. The van der Waals surface area contributed by atoms with E-state index in [9.17, 15) is 4.79 Å². The third kappa shape index (κ3) is 3.78. The molecule has 0 radical (unpaired) electrons. The maximum atomic E-state index is 12.4.